The molecule has 1 amide bonds. The van der Waals surface area contributed by atoms with Crippen molar-refractivity contribution in [2.75, 3.05) is 37.2 Å². The van der Waals surface area contributed by atoms with Crippen LogP contribution in [0.1, 0.15) is 59.1 Å². The fraction of sp³-hybridized carbons (Fsp3) is 0.548. The molecule has 1 aromatic carbocycles. The summed E-state index contributed by atoms with van der Waals surface area (Å²) < 4.78 is 33.6. The van der Waals surface area contributed by atoms with Crippen LogP contribution < -0.4 is 10.9 Å². The zero-order chi connectivity index (χ0) is 32.0. The molecule has 13 heteroatoms. The quantitative estimate of drug-likeness (QED) is 0.370. The van der Waals surface area contributed by atoms with Crippen LogP contribution in [0.25, 0.3) is 11.0 Å². The molecule has 2 aromatic heterocycles. The highest BCUT2D eigenvalue weighted by molar-refractivity contribution is 7.91. The number of likely N-dealkylation sites (tertiary alicyclic amines) is 2. The van der Waals surface area contributed by atoms with Crippen LogP contribution in [-0.2, 0) is 14.6 Å². The van der Waals surface area contributed by atoms with Crippen molar-refractivity contribution in [1.29, 1.82) is 0 Å². The Bertz CT molecular complexity index is 1720. The number of halogens is 1. The Hall–Kier alpha value is -3.22. The summed E-state index contributed by atoms with van der Waals surface area (Å²) in [5.41, 5.74) is 1.04. The molecule has 2 aliphatic heterocycles. The Morgan fingerprint density at radius 3 is 2.45 bits per heavy atom. The van der Waals surface area contributed by atoms with Gasteiger partial charge in [-0.2, -0.15) is 4.98 Å². The van der Waals surface area contributed by atoms with E-state index in [-0.39, 0.29) is 39.3 Å². The third kappa shape index (κ3) is 7.02. The summed E-state index contributed by atoms with van der Waals surface area (Å²) in [4.78, 5) is 38.3. The highest BCUT2D eigenvalue weighted by Crippen LogP contribution is 2.30. The minimum absolute atomic E-state index is 0.0695. The zero-order valence-electron chi connectivity index (χ0n) is 26.1. The van der Waals surface area contributed by atoms with E-state index in [2.05, 4.69) is 20.2 Å². The molecular formula is C31H41ClN6O5S. The molecule has 0 unspecified atom stereocenters. The van der Waals surface area contributed by atoms with Gasteiger partial charge in [-0.3, -0.25) is 14.3 Å². The van der Waals surface area contributed by atoms with E-state index in [0.717, 1.165) is 31.5 Å². The SMILES string of the molecule is Cc1cc(S(=O)(=O)CC2CN(C3CCN(C(=O)OC(C)(C)C)CC3)C2)ccc1Nc1ncc2cc(Cl)c(=O)n(C(C)C)c2n1. The molecule has 11 nitrogen and oxygen atoms in total. The van der Waals surface area contributed by atoms with E-state index < -0.39 is 15.4 Å². The van der Waals surface area contributed by atoms with Gasteiger partial charge in [-0.1, -0.05) is 11.6 Å². The number of hydrogen-bond donors (Lipinski definition) is 1. The third-order valence-electron chi connectivity index (χ3n) is 8.12. The average Bonchev–Trinajstić information content (AvgIpc) is 2.91. The van der Waals surface area contributed by atoms with Crippen LogP contribution in [0, 0.1) is 12.8 Å². The number of hydrogen-bond acceptors (Lipinski definition) is 9. The lowest BCUT2D eigenvalue weighted by Crippen LogP contribution is -2.57. The number of amides is 1. The van der Waals surface area contributed by atoms with Gasteiger partial charge in [0.05, 0.1) is 10.6 Å². The number of fused-ring (bicyclic) bond motifs is 1. The number of pyridine rings is 1. The van der Waals surface area contributed by atoms with Crippen LogP contribution in [0.3, 0.4) is 0 Å². The smallest absolute Gasteiger partial charge is 0.410 e. The first-order valence-electron chi connectivity index (χ1n) is 15.0. The van der Waals surface area contributed by atoms with E-state index in [1.54, 1.807) is 35.4 Å². The van der Waals surface area contributed by atoms with E-state index in [1.165, 1.54) is 4.57 Å². The molecule has 0 saturated carbocycles. The monoisotopic (exact) mass is 644 g/mol. The first-order chi connectivity index (χ1) is 20.6. The molecule has 3 aromatic rings. The van der Waals surface area contributed by atoms with Gasteiger partial charge in [-0.05, 0) is 90.1 Å². The van der Waals surface area contributed by atoms with Crippen molar-refractivity contribution in [2.24, 2.45) is 5.92 Å². The second-order valence-electron chi connectivity index (χ2n) is 13.1. The highest BCUT2D eigenvalue weighted by atomic mass is 35.5. The molecule has 4 heterocycles. The Balaban J connectivity index is 1.18. The number of anilines is 2. The normalized spacial score (nSPS) is 17.2. The van der Waals surface area contributed by atoms with Gasteiger partial charge >= 0.3 is 6.09 Å². The fourth-order valence-electron chi connectivity index (χ4n) is 5.88. The maximum absolute atomic E-state index is 13.3. The number of benzene rings is 1. The second kappa shape index (κ2) is 12.3. The van der Waals surface area contributed by atoms with Gasteiger partial charge in [0.25, 0.3) is 5.56 Å². The minimum Gasteiger partial charge on any atom is -0.444 e. The Morgan fingerprint density at radius 2 is 1.84 bits per heavy atom. The topological polar surface area (TPSA) is 127 Å². The number of carbonyl (C=O) groups excluding carboxylic acids is 1. The summed E-state index contributed by atoms with van der Waals surface area (Å²) >= 11 is 6.12. The van der Waals surface area contributed by atoms with Crippen molar-refractivity contribution in [3.05, 3.63) is 51.4 Å². The minimum atomic E-state index is -3.48. The number of rotatable bonds is 7. The lowest BCUT2D eigenvalue weighted by molar-refractivity contribution is 0.000446. The Labute approximate surface area is 263 Å². The van der Waals surface area contributed by atoms with E-state index in [4.69, 9.17) is 16.3 Å². The van der Waals surface area contributed by atoms with Crippen LogP contribution in [0.2, 0.25) is 5.02 Å². The number of nitrogens with one attached hydrogen (secondary N) is 1. The summed E-state index contributed by atoms with van der Waals surface area (Å²) in [7, 11) is -3.48. The number of nitrogens with zero attached hydrogens (tertiary/aromatic N) is 5. The number of sulfone groups is 1. The predicted molar refractivity (Wildman–Crippen MR) is 172 cm³/mol. The standard InChI is InChI=1S/C31H41ClN6O5S/c1-19(2)38-27-22(14-25(32)28(38)39)15-33-29(35-27)34-26-8-7-24(13-20(26)3)44(41,42)18-21-16-37(17-21)23-9-11-36(12-10-23)30(40)43-31(4,5)6/h7-8,13-15,19,21,23H,9-12,16-18H2,1-6H3,(H,33,34,35). The number of ether oxygens (including phenoxy) is 1. The van der Waals surface area contributed by atoms with Crippen LogP contribution >= 0.6 is 11.6 Å². The van der Waals surface area contributed by atoms with Crippen LogP contribution in [-0.4, -0.2) is 82.4 Å². The molecule has 5 rings (SSSR count). The average molecular weight is 645 g/mol. The van der Waals surface area contributed by atoms with Crippen LogP contribution in [0.15, 0.2) is 40.2 Å². The molecule has 2 aliphatic rings. The molecular weight excluding hydrogens is 604 g/mol. The van der Waals surface area contributed by atoms with Crippen molar-refractivity contribution >= 4 is 50.2 Å². The molecule has 1 N–H and O–H groups in total. The summed E-state index contributed by atoms with van der Waals surface area (Å²) in [6.45, 7) is 14.0. The maximum Gasteiger partial charge on any atom is 0.410 e. The highest BCUT2D eigenvalue weighted by Gasteiger charge is 2.38. The van der Waals surface area contributed by atoms with Crippen molar-refractivity contribution in [1.82, 2.24) is 24.3 Å². The van der Waals surface area contributed by atoms with Gasteiger partial charge in [0.1, 0.15) is 16.3 Å². The first-order valence-corrected chi connectivity index (χ1v) is 17.0. The number of piperidine rings is 1. The summed E-state index contributed by atoms with van der Waals surface area (Å²) in [5.74, 6) is 0.453. The van der Waals surface area contributed by atoms with E-state index in [0.29, 0.717) is 41.8 Å². The molecule has 0 radical (unpaired) electrons. The molecule has 0 aliphatic carbocycles. The Morgan fingerprint density at radius 1 is 1.16 bits per heavy atom. The third-order valence-corrected chi connectivity index (χ3v) is 10.3. The van der Waals surface area contributed by atoms with Crippen LogP contribution in [0.5, 0.6) is 0 Å². The Kier molecular flexibility index (Phi) is 8.99. The van der Waals surface area contributed by atoms with Crippen molar-refractivity contribution in [2.45, 2.75) is 77.0 Å². The largest absolute Gasteiger partial charge is 0.444 e. The lowest BCUT2D eigenvalue weighted by Gasteiger charge is -2.47. The maximum atomic E-state index is 13.3. The molecule has 0 spiro atoms. The molecule has 0 bridgehead atoms. The van der Waals surface area contributed by atoms with E-state index in [1.807, 2.05) is 41.5 Å². The molecule has 44 heavy (non-hydrogen) atoms. The fourth-order valence-corrected chi connectivity index (χ4v) is 7.74. The zero-order valence-corrected chi connectivity index (χ0v) is 27.7. The lowest BCUT2D eigenvalue weighted by atomic mass is 9.94. The van der Waals surface area contributed by atoms with Gasteiger partial charge in [0.2, 0.25) is 5.95 Å². The van der Waals surface area contributed by atoms with Gasteiger partial charge in [-0.25, -0.2) is 18.2 Å². The molecule has 0 atom stereocenters. The summed E-state index contributed by atoms with van der Waals surface area (Å²) in [6.07, 6.45) is 3.05. The second-order valence-corrected chi connectivity index (χ2v) is 15.6. The van der Waals surface area contributed by atoms with Gasteiger partial charge in [-0.15, -0.1) is 0 Å². The van der Waals surface area contributed by atoms with E-state index >= 15 is 0 Å². The molecule has 2 saturated heterocycles. The summed E-state index contributed by atoms with van der Waals surface area (Å²) in [6, 6.07) is 6.76. The molecule has 238 valence electrons. The van der Waals surface area contributed by atoms with Gasteiger partial charge in [0.15, 0.2) is 9.84 Å². The number of aromatic nitrogens is 3. The van der Waals surface area contributed by atoms with E-state index in [9.17, 15) is 18.0 Å². The predicted octanol–water partition coefficient (Wildman–Crippen LogP) is 5.18. The van der Waals surface area contributed by atoms with Crippen LogP contribution in [0.4, 0.5) is 16.4 Å². The van der Waals surface area contributed by atoms with Crippen molar-refractivity contribution < 1.29 is 17.9 Å². The van der Waals surface area contributed by atoms with Crippen molar-refractivity contribution in [3.63, 3.8) is 0 Å². The number of aryl methyl sites for hydroxylation is 1. The van der Waals surface area contributed by atoms with Gasteiger partial charge < -0.3 is 15.0 Å². The van der Waals surface area contributed by atoms with Crippen molar-refractivity contribution in [3.8, 4) is 0 Å². The summed E-state index contributed by atoms with van der Waals surface area (Å²) in [5, 5.41) is 3.92. The number of carbonyl (C=O) groups is 1. The van der Waals surface area contributed by atoms with Gasteiger partial charge in [0, 0.05) is 55.5 Å². The molecule has 2 fully saturated rings. The first kappa shape index (κ1) is 32.2.